The SMILES string of the molecule is O=C1c2c(O)c(=O)ccn2N(C2c3ccccc3CSc3ccccc32)CN1C1(C(F)(F)F)CC1. The number of halogens is 3. The van der Waals surface area contributed by atoms with Gasteiger partial charge in [0.05, 0.1) is 6.04 Å². The molecular weight excluding hydrogens is 479 g/mol. The maximum atomic E-state index is 14.2. The number of fused-ring (bicyclic) bond motifs is 3. The third-order valence-corrected chi connectivity index (χ3v) is 8.22. The highest BCUT2D eigenvalue weighted by atomic mass is 32.2. The lowest BCUT2D eigenvalue weighted by Gasteiger charge is -2.47. The molecule has 1 aliphatic carbocycles. The summed E-state index contributed by atoms with van der Waals surface area (Å²) in [6.45, 7) is -0.356. The van der Waals surface area contributed by atoms with Crippen molar-refractivity contribution in [2.24, 2.45) is 0 Å². The third kappa shape index (κ3) is 3.19. The highest BCUT2D eigenvalue weighted by Gasteiger charge is 2.69. The van der Waals surface area contributed by atoms with Gasteiger partial charge in [0.2, 0.25) is 5.43 Å². The number of alkyl halides is 3. The highest BCUT2D eigenvalue weighted by molar-refractivity contribution is 7.98. The summed E-state index contributed by atoms with van der Waals surface area (Å²) in [5.74, 6) is -1.18. The molecule has 0 spiro atoms. The number of carbonyl (C=O) groups excluding carboxylic acids is 1. The maximum Gasteiger partial charge on any atom is 0.411 e. The molecule has 0 saturated heterocycles. The minimum absolute atomic E-state index is 0.221. The molecule has 1 aromatic heterocycles. The molecule has 2 aliphatic heterocycles. The summed E-state index contributed by atoms with van der Waals surface area (Å²) < 4.78 is 43.9. The number of hydrogen-bond donors (Lipinski definition) is 1. The molecular formula is C25H20F3N3O3S. The number of rotatable bonds is 2. The fourth-order valence-electron chi connectivity index (χ4n) is 5.11. The van der Waals surface area contributed by atoms with Crippen molar-refractivity contribution >= 4 is 17.7 Å². The van der Waals surface area contributed by atoms with E-state index in [2.05, 4.69) is 0 Å². The standard InChI is InChI=1S/C25H20F3N3O3S/c26-25(27,28)24(10-11-24)29-14-31(30-12-9-18(32)22(33)21(30)23(29)34)20-16-6-2-1-5-15(16)13-35-19-8-4-3-7-17(19)20/h1-9,12,20,33H,10-11,13-14H2. The molecule has 6 rings (SSSR count). The number of pyridine rings is 1. The third-order valence-electron chi connectivity index (χ3n) is 7.08. The first-order chi connectivity index (χ1) is 16.7. The Morgan fingerprint density at radius 1 is 0.971 bits per heavy atom. The molecule has 1 fully saturated rings. The average molecular weight is 500 g/mol. The molecule has 0 bridgehead atoms. The van der Waals surface area contributed by atoms with Crippen LogP contribution in [0.25, 0.3) is 0 Å². The molecule has 3 aliphatic rings. The zero-order valence-corrected chi connectivity index (χ0v) is 19.1. The van der Waals surface area contributed by atoms with Gasteiger partial charge in [-0.25, -0.2) is 0 Å². The van der Waals surface area contributed by atoms with E-state index in [1.54, 1.807) is 16.8 Å². The number of benzene rings is 2. The lowest BCUT2D eigenvalue weighted by molar-refractivity contribution is -0.190. The van der Waals surface area contributed by atoms with Gasteiger partial charge >= 0.3 is 6.18 Å². The Kier molecular flexibility index (Phi) is 4.76. The lowest BCUT2D eigenvalue weighted by Crippen LogP contribution is -2.62. The molecule has 1 unspecified atom stereocenters. The first-order valence-corrected chi connectivity index (χ1v) is 12.1. The van der Waals surface area contributed by atoms with Crippen LogP contribution in [0, 0.1) is 0 Å². The normalized spacial score (nSPS) is 20.5. The molecule has 2 aromatic carbocycles. The van der Waals surface area contributed by atoms with Crippen molar-refractivity contribution in [3.8, 4) is 5.75 Å². The summed E-state index contributed by atoms with van der Waals surface area (Å²) >= 11 is 1.63. The first kappa shape index (κ1) is 22.1. The predicted molar refractivity (Wildman–Crippen MR) is 124 cm³/mol. The Morgan fingerprint density at radius 2 is 1.66 bits per heavy atom. The smallest absolute Gasteiger partial charge is 0.411 e. The van der Waals surface area contributed by atoms with Crippen LogP contribution in [0.1, 0.15) is 46.1 Å². The molecule has 0 radical (unpaired) electrons. The number of amides is 1. The quantitative estimate of drug-likeness (QED) is 0.567. The van der Waals surface area contributed by atoms with Crippen LogP contribution in [0.15, 0.2) is 70.5 Å². The zero-order chi connectivity index (χ0) is 24.5. The van der Waals surface area contributed by atoms with Gasteiger partial charge in [0.25, 0.3) is 5.91 Å². The molecule has 6 nitrogen and oxygen atoms in total. The van der Waals surface area contributed by atoms with E-state index in [4.69, 9.17) is 0 Å². The number of carbonyl (C=O) groups is 1. The van der Waals surface area contributed by atoms with E-state index >= 15 is 0 Å². The molecule has 1 amide bonds. The van der Waals surface area contributed by atoms with Crippen molar-refractivity contribution in [2.45, 2.75) is 41.2 Å². The molecule has 35 heavy (non-hydrogen) atoms. The van der Waals surface area contributed by atoms with E-state index in [0.717, 1.165) is 32.6 Å². The fraction of sp³-hybridized carbons (Fsp3) is 0.280. The molecule has 1 N–H and O–H groups in total. The van der Waals surface area contributed by atoms with Crippen molar-refractivity contribution in [2.75, 3.05) is 11.7 Å². The van der Waals surface area contributed by atoms with Crippen molar-refractivity contribution in [3.63, 3.8) is 0 Å². The summed E-state index contributed by atoms with van der Waals surface area (Å²) in [7, 11) is 0. The molecule has 180 valence electrons. The van der Waals surface area contributed by atoms with Crippen LogP contribution in [0.5, 0.6) is 5.75 Å². The van der Waals surface area contributed by atoms with Gasteiger partial charge in [0.1, 0.15) is 12.2 Å². The Hall–Kier alpha value is -3.40. The predicted octanol–water partition coefficient (Wildman–Crippen LogP) is 4.40. The number of aromatic hydroxyl groups is 1. The molecule has 10 heteroatoms. The van der Waals surface area contributed by atoms with Crippen LogP contribution < -0.4 is 10.4 Å². The fourth-order valence-corrected chi connectivity index (χ4v) is 6.21. The van der Waals surface area contributed by atoms with Crippen molar-refractivity contribution in [3.05, 3.63) is 93.4 Å². The number of aromatic nitrogens is 1. The van der Waals surface area contributed by atoms with Gasteiger partial charge in [-0.2, -0.15) is 13.2 Å². The van der Waals surface area contributed by atoms with Crippen LogP contribution in [-0.2, 0) is 5.75 Å². The average Bonchev–Trinajstić information content (AvgIpc) is 3.66. The summed E-state index contributed by atoms with van der Waals surface area (Å²) in [4.78, 5) is 27.4. The second-order valence-electron chi connectivity index (χ2n) is 8.99. The second kappa shape index (κ2) is 7.55. The van der Waals surface area contributed by atoms with Crippen LogP contribution in [0.3, 0.4) is 0 Å². The highest BCUT2D eigenvalue weighted by Crippen LogP contribution is 2.55. The molecule has 1 atom stereocenters. The van der Waals surface area contributed by atoms with Crippen molar-refractivity contribution in [1.82, 2.24) is 9.58 Å². The van der Waals surface area contributed by atoms with Gasteiger partial charge in [-0.15, -0.1) is 11.8 Å². The minimum Gasteiger partial charge on any atom is -0.502 e. The molecule has 1 saturated carbocycles. The lowest BCUT2D eigenvalue weighted by atomic mass is 9.94. The first-order valence-electron chi connectivity index (χ1n) is 11.1. The topological polar surface area (TPSA) is 65.8 Å². The van der Waals surface area contributed by atoms with Gasteiger partial charge in [0.15, 0.2) is 11.4 Å². The molecule has 3 aromatic rings. The summed E-state index contributed by atoms with van der Waals surface area (Å²) in [5.41, 5.74) is -0.805. The van der Waals surface area contributed by atoms with Gasteiger partial charge in [0, 0.05) is 22.9 Å². The van der Waals surface area contributed by atoms with E-state index in [1.165, 1.54) is 10.9 Å². The van der Waals surface area contributed by atoms with E-state index in [9.17, 15) is 27.9 Å². The van der Waals surface area contributed by atoms with Crippen molar-refractivity contribution < 1.29 is 23.1 Å². The van der Waals surface area contributed by atoms with E-state index in [-0.39, 0.29) is 19.5 Å². The minimum atomic E-state index is -4.64. The Balaban J connectivity index is 1.61. The summed E-state index contributed by atoms with van der Waals surface area (Å²) in [6.07, 6.45) is -3.73. The van der Waals surface area contributed by atoms with E-state index in [1.807, 2.05) is 48.5 Å². The van der Waals surface area contributed by atoms with Crippen LogP contribution in [-0.4, -0.2) is 39.0 Å². The number of hydrogen-bond acceptors (Lipinski definition) is 5. The summed E-state index contributed by atoms with van der Waals surface area (Å²) in [5, 5.41) is 12.2. The van der Waals surface area contributed by atoms with Gasteiger partial charge in [-0.3, -0.25) is 19.3 Å². The van der Waals surface area contributed by atoms with E-state index < -0.39 is 40.5 Å². The van der Waals surface area contributed by atoms with Gasteiger partial charge in [-0.1, -0.05) is 42.5 Å². The monoisotopic (exact) mass is 499 g/mol. The zero-order valence-electron chi connectivity index (χ0n) is 18.3. The number of thioether (sulfide) groups is 1. The van der Waals surface area contributed by atoms with Crippen LogP contribution in [0.2, 0.25) is 0 Å². The Bertz CT molecular complexity index is 1370. The maximum absolute atomic E-state index is 14.2. The Morgan fingerprint density at radius 3 is 2.37 bits per heavy atom. The Labute approximate surface area is 202 Å². The van der Waals surface area contributed by atoms with Gasteiger partial charge < -0.3 is 10.0 Å². The molecule has 3 heterocycles. The van der Waals surface area contributed by atoms with Crippen LogP contribution in [0.4, 0.5) is 13.2 Å². The summed E-state index contributed by atoms with van der Waals surface area (Å²) in [6, 6.07) is 15.9. The van der Waals surface area contributed by atoms with Crippen molar-refractivity contribution in [1.29, 1.82) is 0 Å². The van der Waals surface area contributed by atoms with Gasteiger partial charge in [-0.05, 0) is 35.6 Å². The second-order valence-corrected chi connectivity index (χ2v) is 10.0. The van der Waals surface area contributed by atoms with Crippen LogP contribution >= 0.6 is 11.8 Å². The largest absolute Gasteiger partial charge is 0.502 e. The number of nitrogens with zero attached hydrogens (tertiary/aromatic N) is 3. The van der Waals surface area contributed by atoms with E-state index in [0.29, 0.717) is 5.75 Å².